The van der Waals surface area contributed by atoms with E-state index in [0.29, 0.717) is 5.41 Å². The molecule has 3 aliphatic rings. The van der Waals surface area contributed by atoms with Crippen LogP contribution in [0.15, 0.2) is 30.3 Å². The molecule has 0 radical (unpaired) electrons. The second-order valence-electron chi connectivity index (χ2n) is 7.22. The highest BCUT2D eigenvalue weighted by Gasteiger charge is 2.50. The highest BCUT2D eigenvalue weighted by atomic mass is 15.3. The fourth-order valence-corrected chi connectivity index (χ4v) is 4.50. The molecule has 0 aromatic heterocycles. The van der Waals surface area contributed by atoms with Crippen LogP contribution in [0, 0.1) is 5.92 Å². The second kappa shape index (κ2) is 4.85. The number of likely N-dealkylation sites (N-methyl/N-ethyl adjacent to an activating group) is 1. The lowest BCUT2D eigenvalue weighted by atomic mass is 9.69. The normalized spacial score (nSPS) is 35.1. The van der Waals surface area contributed by atoms with Gasteiger partial charge in [-0.3, -0.25) is 0 Å². The van der Waals surface area contributed by atoms with Crippen LogP contribution in [0.2, 0.25) is 0 Å². The molecule has 2 heterocycles. The third-order valence-electron chi connectivity index (χ3n) is 5.95. The number of piperidine rings is 1. The quantitative estimate of drug-likeness (QED) is 0.833. The van der Waals surface area contributed by atoms with E-state index in [0.717, 1.165) is 12.0 Å². The number of hydrogen-bond acceptors (Lipinski definition) is 2. The topological polar surface area (TPSA) is 6.48 Å². The first-order valence-corrected chi connectivity index (χ1v) is 8.26. The van der Waals surface area contributed by atoms with Gasteiger partial charge in [-0.05, 0) is 57.3 Å². The molecule has 108 valence electrons. The van der Waals surface area contributed by atoms with Gasteiger partial charge in [0.25, 0.3) is 0 Å². The molecule has 1 saturated carbocycles. The molecule has 0 bridgehead atoms. The molecule has 2 saturated heterocycles. The fraction of sp³-hybridized carbons (Fsp3) is 0.667. The predicted molar refractivity (Wildman–Crippen MR) is 82.9 cm³/mol. The SMILES string of the molecule is CN1CC[C@@]2(c3ccccc3)CCN(CC3CC3)C[C@@H]12. The first kappa shape index (κ1) is 12.8. The van der Waals surface area contributed by atoms with E-state index in [4.69, 9.17) is 0 Å². The first-order valence-electron chi connectivity index (χ1n) is 8.26. The zero-order valence-electron chi connectivity index (χ0n) is 12.6. The monoisotopic (exact) mass is 270 g/mol. The molecule has 0 N–H and O–H groups in total. The smallest absolute Gasteiger partial charge is 0.0317 e. The fourth-order valence-electron chi connectivity index (χ4n) is 4.50. The molecule has 1 aromatic carbocycles. The van der Waals surface area contributed by atoms with Crippen LogP contribution in [0.5, 0.6) is 0 Å². The number of likely N-dealkylation sites (tertiary alicyclic amines) is 2. The third-order valence-corrected chi connectivity index (χ3v) is 5.95. The molecule has 1 aromatic rings. The van der Waals surface area contributed by atoms with Crippen LogP contribution < -0.4 is 0 Å². The lowest BCUT2D eigenvalue weighted by Gasteiger charge is -2.46. The maximum absolute atomic E-state index is 2.74. The third kappa shape index (κ3) is 2.10. The van der Waals surface area contributed by atoms with Crippen LogP contribution >= 0.6 is 0 Å². The van der Waals surface area contributed by atoms with Crippen molar-refractivity contribution in [2.45, 2.75) is 37.1 Å². The Morgan fingerprint density at radius 2 is 1.85 bits per heavy atom. The van der Waals surface area contributed by atoms with Crippen molar-refractivity contribution < 1.29 is 0 Å². The minimum atomic E-state index is 0.427. The molecule has 4 rings (SSSR count). The van der Waals surface area contributed by atoms with Crippen molar-refractivity contribution in [3.8, 4) is 0 Å². The van der Waals surface area contributed by atoms with Crippen molar-refractivity contribution >= 4 is 0 Å². The molecular formula is C18H26N2. The van der Waals surface area contributed by atoms with Gasteiger partial charge in [0, 0.05) is 24.5 Å². The summed E-state index contributed by atoms with van der Waals surface area (Å²) in [5.74, 6) is 1.02. The summed E-state index contributed by atoms with van der Waals surface area (Å²) in [6.07, 6.45) is 5.63. The molecule has 0 amide bonds. The summed E-state index contributed by atoms with van der Waals surface area (Å²) >= 11 is 0. The predicted octanol–water partition coefficient (Wildman–Crippen LogP) is 2.74. The van der Waals surface area contributed by atoms with E-state index in [9.17, 15) is 0 Å². The van der Waals surface area contributed by atoms with Gasteiger partial charge in [0.15, 0.2) is 0 Å². The highest BCUT2D eigenvalue weighted by Crippen LogP contribution is 2.45. The van der Waals surface area contributed by atoms with Crippen molar-refractivity contribution in [1.82, 2.24) is 9.80 Å². The zero-order chi connectivity index (χ0) is 13.6. The maximum Gasteiger partial charge on any atom is 0.0317 e. The summed E-state index contributed by atoms with van der Waals surface area (Å²) in [6, 6.07) is 12.0. The van der Waals surface area contributed by atoms with Gasteiger partial charge in [0.1, 0.15) is 0 Å². The van der Waals surface area contributed by atoms with Crippen LogP contribution in [0.4, 0.5) is 0 Å². The average Bonchev–Trinajstić information content (AvgIpc) is 3.24. The Morgan fingerprint density at radius 3 is 2.60 bits per heavy atom. The Hall–Kier alpha value is -0.860. The van der Waals surface area contributed by atoms with Crippen molar-refractivity contribution in [2.75, 3.05) is 33.2 Å². The van der Waals surface area contributed by atoms with Gasteiger partial charge in [-0.2, -0.15) is 0 Å². The molecule has 3 fully saturated rings. The molecule has 2 atom stereocenters. The zero-order valence-corrected chi connectivity index (χ0v) is 12.6. The Bertz CT molecular complexity index is 468. The van der Waals surface area contributed by atoms with E-state index in [1.807, 2.05) is 0 Å². The molecule has 2 nitrogen and oxygen atoms in total. The van der Waals surface area contributed by atoms with Crippen molar-refractivity contribution in [1.29, 1.82) is 0 Å². The number of benzene rings is 1. The van der Waals surface area contributed by atoms with Crippen LogP contribution in [0.25, 0.3) is 0 Å². The molecule has 1 aliphatic carbocycles. The molecular weight excluding hydrogens is 244 g/mol. The van der Waals surface area contributed by atoms with Crippen LogP contribution in [-0.4, -0.2) is 49.1 Å². The number of fused-ring (bicyclic) bond motifs is 1. The Balaban J connectivity index is 1.59. The average molecular weight is 270 g/mol. The van der Waals surface area contributed by atoms with Crippen molar-refractivity contribution in [2.24, 2.45) is 5.92 Å². The second-order valence-corrected chi connectivity index (χ2v) is 7.22. The van der Waals surface area contributed by atoms with Gasteiger partial charge in [0.2, 0.25) is 0 Å². The maximum atomic E-state index is 2.74. The molecule has 0 spiro atoms. The van der Waals surface area contributed by atoms with E-state index >= 15 is 0 Å². The minimum absolute atomic E-state index is 0.427. The molecule has 0 unspecified atom stereocenters. The highest BCUT2D eigenvalue weighted by molar-refractivity contribution is 5.31. The van der Waals surface area contributed by atoms with Gasteiger partial charge in [-0.1, -0.05) is 30.3 Å². The van der Waals surface area contributed by atoms with Gasteiger partial charge in [-0.25, -0.2) is 0 Å². The number of rotatable bonds is 3. The summed E-state index contributed by atoms with van der Waals surface area (Å²) < 4.78 is 0. The minimum Gasteiger partial charge on any atom is -0.301 e. The van der Waals surface area contributed by atoms with Crippen LogP contribution in [0.1, 0.15) is 31.2 Å². The Morgan fingerprint density at radius 1 is 1.10 bits per heavy atom. The summed E-state index contributed by atoms with van der Waals surface area (Å²) in [6.45, 7) is 5.20. The van der Waals surface area contributed by atoms with Crippen LogP contribution in [-0.2, 0) is 5.41 Å². The van der Waals surface area contributed by atoms with Gasteiger partial charge >= 0.3 is 0 Å². The van der Waals surface area contributed by atoms with E-state index in [1.54, 1.807) is 5.56 Å². The van der Waals surface area contributed by atoms with Gasteiger partial charge in [0.05, 0.1) is 0 Å². The van der Waals surface area contributed by atoms with E-state index in [-0.39, 0.29) is 0 Å². The number of nitrogens with zero attached hydrogens (tertiary/aromatic N) is 2. The standard InChI is InChI=1S/C18H26N2/c1-19-11-9-18(16-5-3-2-4-6-16)10-12-20(14-17(18)19)13-15-7-8-15/h2-6,15,17H,7-14H2,1H3/t17-,18+/m1/s1. The van der Waals surface area contributed by atoms with Gasteiger partial charge < -0.3 is 9.80 Å². The molecule has 20 heavy (non-hydrogen) atoms. The largest absolute Gasteiger partial charge is 0.301 e. The lowest BCUT2D eigenvalue weighted by Crippen LogP contribution is -2.55. The van der Waals surface area contributed by atoms with Crippen molar-refractivity contribution in [3.05, 3.63) is 35.9 Å². The first-order chi connectivity index (χ1) is 9.78. The summed E-state index contributed by atoms with van der Waals surface area (Å²) in [7, 11) is 2.33. The summed E-state index contributed by atoms with van der Waals surface area (Å²) in [5, 5.41) is 0. The summed E-state index contributed by atoms with van der Waals surface area (Å²) in [5.41, 5.74) is 2.01. The van der Waals surface area contributed by atoms with E-state index < -0.39 is 0 Å². The lowest BCUT2D eigenvalue weighted by molar-refractivity contribution is 0.0933. The van der Waals surface area contributed by atoms with E-state index in [1.165, 1.54) is 51.9 Å². The summed E-state index contributed by atoms with van der Waals surface area (Å²) in [4.78, 5) is 5.36. The Labute approximate surface area is 122 Å². The Kier molecular flexibility index (Phi) is 3.12. The molecule has 2 aliphatic heterocycles. The van der Waals surface area contributed by atoms with E-state index in [2.05, 4.69) is 47.2 Å². The molecule has 2 heteroatoms. The number of hydrogen-bond donors (Lipinski definition) is 0. The van der Waals surface area contributed by atoms with Crippen LogP contribution in [0.3, 0.4) is 0 Å². The van der Waals surface area contributed by atoms with Gasteiger partial charge in [-0.15, -0.1) is 0 Å². The van der Waals surface area contributed by atoms with Crippen molar-refractivity contribution in [3.63, 3.8) is 0 Å².